The molecule has 0 amide bonds. The number of para-hydroxylation sites is 1. The molecule has 94 valence electrons. The molecule has 5 heteroatoms. The number of rotatable bonds is 2. The largest absolute Gasteiger partial charge is 0.367 e. The van der Waals surface area contributed by atoms with Gasteiger partial charge in [0.25, 0.3) is 0 Å². The van der Waals surface area contributed by atoms with Gasteiger partial charge in [0.1, 0.15) is 5.60 Å². The van der Waals surface area contributed by atoms with Crippen LogP contribution in [-0.4, -0.2) is 21.4 Å². The van der Waals surface area contributed by atoms with E-state index >= 15 is 0 Å². The lowest BCUT2D eigenvalue weighted by Crippen LogP contribution is -2.25. The van der Waals surface area contributed by atoms with Gasteiger partial charge in [0.05, 0.1) is 0 Å². The van der Waals surface area contributed by atoms with Crippen LogP contribution in [-0.2, 0) is 10.3 Å². The Labute approximate surface area is 111 Å². The summed E-state index contributed by atoms with van der Waals surface area (Å²) >= 11 is 5.33. The van der Waals surface area contributed by atoms with Crippen LogP contribution in [0, 0.1) is 4.77 Å². The first-order valence-electron chi connectivity index (χ1n) is 6.08. The monoisotopic (exact) mass is 261 g/mol. The highest BCUT2D eigenvalue weighted by Gasteiger charge is 2.37. The zero-order valence-corrected chi connectivity index (χ0v) is 11.0. The maximum atomic E-state index is 5.85. The molecule has 18 heavy (non-hydrogen) atoms. The lowest BCUT2D eigenvalue weighted by Gasteiger charge is -2.22. The molecule has 0 saturated carbocycles. The lowest BCUT2D eigenvalue weighted by atomic mass is 10.0. The highest BCUT2D eigenvalue weighted by Crippen LogP contribution is 2.35. The molecule has 2 aromatic rings. The smallest absolute Gasteiger partial charge is 0.199 e. The molecule has 2 heterocycles. The highest BCUT2D eigenvalue weighted by atomic mass is 32.1. The Kier molecular flexibility index (Phi) is 2.80. The summed E-state index contributed by atoms with van der Waals surface area (Å²) in [5, 5.41) is 7.24. The number of nitrogens with one attached hydrogen (secondary N) is 1. The summed E-state index contributed by atoms with van der Waals surface area (Å²) in [6.45, 7) is 2.86. The third-order valence-corrected chi connectivity index (χ3v) is 3.65. The predicted molar refractivity (Wildman–Crippen MR) is 71.3 cm³/mol. The normalized spacial score (nSPS) is 23.4. The van der Waals surface area contributed by atoms with Crippen molar-refractivity contribution in [3.8, 4) is 5.69 Å². The third kappa shape index (κ3) is 1.79. The van der Waals surface area contributed by atoms with Crippen LogP contribution in [0.15, 0.2) is 30.3 Å². The lowest BCUT2D eigenvalue weighted by molar-refractivity contribution is 0.00787. The van der Waals surface area contributed by atoms with Crippen molar-refractivity contribution in [2.24, 2.45) is 0 Å². The van der Waals surface area contributed by atoms with Gasteiger partial charge in [-0.3, -0.25) is 9.67 Å². The topological polar surface area (TPSA) is 42.8 Å². The van der Waals surface area contributed by atoms with Gasteiger partial charge in [-0.1, -0.05) is 18.2 Å². The Hall–Kier alpha value is -1.46. The quantitative estimate of drug-likeness (QED) is 0.845. The highest BCUT2D eigenvalue weighted by molar-refractivity contribution is 7.71. The van der Waals surface area contributed by atoms with Crippen molar-refractivity contribution in [1.82, 2.24) is 14.8 Å². The minimum atomic E-state index is -0.344. The summed E-state index contributed by atoms with van der Waals surface area (Å²) in [5.74, 6) is 0.858. The Balaban J connectivity index is 2.16. The van der Waals surface area contributed by atoms with E-state index in [2.05, 4.69) is 17.1 Å². The number of ether oxygens (including phenoxy) is 1. The maximum absolute atomic E-state index is 5.85. The fraction of sp³-hybridized carbons (Fsp3) is 0.385. The van der Waals surface area contributed by atoms with Gasteiger partial charge < -0.3 is 4.74 Å². The second-order valence-corrected chi connectivity index (χ2v) is 5.09. The molecule has 1 aromatic heterocycles. The Bertz CT molecular complexity index is 596. The van der Waals surface area contributed by atoms with E-state index in [1.807, 2.05) is 34.9 Å². The summed E-state index contributed by atoms with van der Waals surface area (Å²) < 4.78 is 8.42. The van der Waals surface area contributed by atoms with Crippen LogP contribution in [0.2, 0.25) is 0 Å². The van der Waals surface area contributed by atoms with Crippen molar-refractivity contribution in [3.63, 3.8) is 0 Å². The van der Waals surface area contributed by atoms with E-state index in [-0.39, 0.29) is 5.60 Å². The van der Waals surface area contributed by atoms with E-state index in [1.165, 1.54) is 0 Å². The number of nitrogens with zero attached hydrogens (tertiary/aromatic N) is 2. The summed E-state index contributed by atoms with van der Waals surface area (Å²) in [4.78, 5) is 0. The molecule has 1 aromatic carbocycles. The predicted octanol–water partition coefficient (Wildman–Crippen LogP) is 2.96. The van der Waals surface area contributed by atoms with Gasteiger partial charge >= 0.3 is 0 Å². The van der Waals surface area contributed by atoms with E-state index in [0.717, 1.165) is 31.0 Å². The maximum Gasteiger partial charge on any atom is 0.199 e. The van der Waals surface area contributed by atoms with Gasteiger partial charge in [-0.15, -0.1) is 0 Å². The first-order chi connectivity index (χ1) is 8.71. The molecular weight excluding hydrogens is 246 g/mol. The molecule has 1 saturated heterocycles. The standard InChI is InChI=1S/C13H15N3OS/c1-13(8-5-9-17-13)11-14-15-12(18)16(11)10-6-3-2-4-7-10/h2-4,6-7H,5,8-9H2,1H3,(H,15,18). The van der Waals surface area contributed by atoms with Crippen molar-refractivity contribution in [3.05, 3.63) is 40.9 Å². The molecule has 4 nitrogen and oxygen atoms in total. The zero-order chi connectivity index (χ0) is 12.6. The second-order valence-electron chi connectivity index (χ2n) is 4.71. The van der Waals surface area contributed by atoms with E-state index in [0.29, 0.717) is 4.77 Å². The van der Waals surface area contributed by atoms with Gasteiger partial charge in [-0.25, -0.2) is 0 Å². The summed E-state index contributed by atoms with van der Waals surface area (Å²) in [6.07, 6.45) is 2.03. The fourth-order valence-electron chi connectivity index (χ4n) is 2.42. The van der Waals surface area contributed by atoms with Gasteiger partial charge in [-0.2, -0.15) is 5.10 Å². The second kappa shape index (κ2) is 4.33. The van der Waals surface area contributed by atoms with E-state index < -0.39 is 0 Å². The molecule has 0 aliphatic carbocycles. The van der Waals surface area contributed by atoms with E-state index in [9.17, 15) is 0 Å². The number of aromatic nitrogens is 3. The summed E-state index contributed by atoms with van der Waals surface area (Å²) in [6, 6.07) is 10.0. The molecule has 1 unspecified atom stereocenters. The first-order valence-corrected chi connectivity index (χ1v) is 6.49. The van der Waals surface area contributed by atoms with E-state index in [1.54, 1.807) is 0 Å². The number of hydrogen-bond acceptors (Lipinski definition) is 3. The molecule has 1 aliphatic rings. The summed E-state index contributed by atoms with van der Waals surface area (Å²) in [5.41, 5.74) is 0.673. The van der Waals surface area contributed by atoms with Crippen molar-refractivity contribution in [2.75, 3.05) is 6.61 Å². The van der Waals surface area contributed by atoms with Crippen molar-refractivity contribution >= 4 is 12.2 Å². The number of H-pyrrole nitrogens is 1. The number of benzene rings is 1. The van der Waals surface area contributed by atoms with Gasteiger partial charge in [0.15, 0.2) is 10.6 Å². The first kappa shape index (κ1) is 11.6. The SMILES string of the molecule is CC1(c2n[nH]c(=S)n2-c2ccccc2)CCCO1. The molecule has 1 fully saturated rings. The van der Waals surface area contributed by atoms with Crippen molar-refractivity contribution in [1.29, 1.82) is 0 Å². The molecule has 1 aliphatic heterocycles. The van der Waals surface area contributed by atoms with Crippen LogP contribution in [0.4, 0.5) is 0 Å². The minimum Gasteiger partial charge on any atom is -0.367 e. The van der Waals surface area contributed by atoms with Crippen LogP contribution >= 0.6 is 12.2 Å². The van der Waals surface area contributed by atoms with Gasteiger partial charge in [0, 0.05) is 12.3 Å². The summed E-state index contributed by atoms with van der Waals surface area (Å²) in [7, 11) is 0. The fourth-order valence-corrected chi connectivity index (χ4v) is 2.66. The Morgan fingerprint density at radius 2 is 2.17 bits per heavy atom. The molecule has 3 rings (SSSR count). The molecule has 1 atom stereocenters. The molecule has 1 N–H and O–H groups in total. The van der Waals surface area contributed by atoms with Crippen LogP contribution in [0.5, 0.6) is 0 Å². The number of hydrogen-bond donors (Lipinski definition) is 1. The third-order valence-electron chi connectivity index (χ3n) is 3.38. The van der Waals surface area contributed by atoms with Crippen LogP contribution in [0.1, 0.15) is 25.6 Å². The average molecular weight is 261 g/mol. The Morgan fingerprint density at radius 1 is 1.39 bits per heavy atom. The average Bonchev–Trinajstić information content (AvgIpc) is 2.98. The van der Waals surface area contributed by atoms with Crippen LogP contribution in [0.3, 0.4) is 0 Å². The zero-order valence-electron chi connectivity index (χ0n) is 10.2. The van der Waals surface area contributed by atoms with Crippen molar-refractivity contribution in [2.45, 2.75) is 25.4 Å². The van der Waals surface area contributed by atoms with Crippen LogP contribution < -0.4 is 0 Å². The van der Waals surface area contributed by atoms with Gasteiger partial charge in [0.2, 0.25) is 0 Å². The molecule has 0 spiro atoms. The molecular formula is C13H15N3OS. The van der Waals surface area contributed by atoms with Crippen molar-refractivity contribution < 1.29 is 4.74 Å². The van der Waals surface area contributed by atoms with Crippen LogP contribution in [0.25, 0.3) is 5.69 Å². The molecule has 0 radical (unpaired) electrons. The minimum absolute atomic E-state index is 0.344. The Morgan fingerprint density at radius 3 is 2.83 bits per heavy atom. The molecule has 0 bridgehead atoms. The number of aromatic amines is 1. The van der Waals surface area contributed by atoms with Gasteiger partial charge in [-0.05, 0) is 44.1 Å². The van der Waals surface area contributed by atoms with E-state index in [4.69, 9.17) is 17.0 Å².